The molecule has 0 saturated carbocycles. The van der Waals surface area contributed by atoms with E-state index in [1.165, 1.54) is 12.1 Å². The Morgan fingerprint density at radius 2 is 1.88 bits per heavy atom. The van der Waals surface area contributed by atoms with Crippen molar-refractivity contribution in [3.63, 3.8) is 0 Å². The first kappa shape index (κ1) is 11.5. The maximum atomic E-state index is 13.9. The third-order valence-corrected chi connectivity index (χ3v) is 3.17. The van der Waals surface area contributed by atoms with E-state index in [4.69, 9.17) is 10.5 Å². The number of rotatable bonds is 1. The van der Waals surface area contributed by atoms with Crippen molar-refractivity contribution in [1.82, 2.24) is 0 Å². The molecule has 1 aromatic rings. The van der Waals surface area contributed by atoms with Gasteiger partial charge in [0.2, 0.25) is 0 Å². The lowest BCUT2D eigenvalue weighted by Crippen LogP contribution is -2.43. The zero-order valence-corrected chi connectivity index (χ0v) is 9.22. The van der Waals surface area contributed by atoms with Crippen LogP contribution in [0.3, 0.4) is 0 Å². The maximum absolute atomic E-state index is 13.9. The number of hydrogen-bond donors (Lipinski definition) is 1. The first-order valence-corrected chi connectivity index (χ1v) is 5.36. The van der Waals surface area contributed by atoms with Gasteiger partial charge >= 0.3 is 0 Å². The molecule has 0 atom stereocenters. The average molecular weight is 227 g/mol. The van der Waals surface area contributed by atoms with E-state index in [0.29, 0.717) is 31.6 Å². The minimum Gasteiger partial charge on any atom is -0.381 e. The maximum Gasteiger partial charge on any atom is 0.134 e. The molecule has 0 spiro atoms. The number of ether oxygens (including phenoxy) is 1. The van der Waals surface area contributed by atoms with E-state index in [0.717, 1.165) is 0 Å². The van der Waals surface area contributed by atoms with Crippen LogP contribution in [0.4, 0.5) is 8.78 Å². The van der Waals surface area contributed by atoms with Gasteiger partial charge in [0.1, 0.15) is 11.6 Å². The van der Waals surface area contributed by atoms with Gasteiger partial charge in [-0.2, -0.15) is 0 Å². The Morgan fingerprint density at radius 1 is 1.25 bits per heavy atom. The minimum atomic E-state index is -0.932. The number of halogens is 2. The van der Waals surface area contributed by atoms with Crippen molar-refractivity contribution in [2.75, 3.05) is 13.2 Å². The predicted octanol–water partition coefficient (Wildman–Crippen LogP) is 2.24. The van der Waals surface area contributed by atoms with E-state index in [-0.39, 0.29) is 5.56 Å². The summed E-state index contributed by atoms with van der Waals surface area (Å²) in [7, 11) is 0. The monoisotopic (exact) mass is 227 g/mol. The molecule has 2 nitrogen and oxygen atoms in total. The summed E-state index contributed by atoms with van der Waals surface area (Å²) in [5.41, 5.74) is 5.59. The zero-order valence-electron chi connectivity index (χ0n) is 9.22. The first-order chi connectivity index (χ1) is 7.54. The minimum absolute atomic E-state index is 0.0100. The number of hydrogen-bond acceptors (Lipinski definition) is 2. The largest absolute Gasteiger partial charge is 0.381 e. The van der Waals surface area contributed by atoms with Gasteiger partial charge in [0.05, 0.1) is 5.54 Å². The van der Waals surface area contributed by atoms with E-state index < -0.39 is 17.2 Å². The van der Waals surface area contributed by atoms with Crippen molar-refractivity contribution in [1.29, 1.82) is 0 Å². The molecule has 4 heteroatoms. The van der Waals surface area contributed by atoms with Crippen LogP contribution in [0, 0.1) is 18.6 Å². The van der Waals surface area contributed by atoms with Crippen LogP contribution >= 0.6 is 0 Å². The lowest BCUT2D eigenvalue weighted by atomic mass is 9.82. The normalized spacial score (nSPS) is 19.8. The van der Waals surface area contributed by atoms with Gasteiger partial charge in [-0.1, -0.05) is 6.07 Å². The van der Waals surface area contributed by atoms with E-state index in [1.54, 1.807) is 6.92 Å². The van der Waals surface area contributed by atoms with Gasteiger partial charge in [-0.05, 0) is 31.4 Å². The highest BCUT2D eigenvalue weighted by molar-refractivity contribution is 5.32. The summed E-state index contributed by atoms with van der Waals surface area (Å²) in [5.74, 6) is -1.09. The molecule has 0 unspecified atom stereocenters. The quantitative estimate of drug-likeness (QED) is 0.798. The summed E-state index contributed by atoms with van der Waals surface area (Å²) >= 11 is 0. The van der Waals surface area contributed by atoms with Crippen LogP contribution in [0.5, 0.6) is 0 Å². The number of nitrogens with two attached hydrogens (primary N) is 1. The van der Waals surface area contributed by atoms with Gasteiger partial charge in [0.15, 0.2) is 0 Å². The average Bonchev–Trinajstić information content (AvgIpc) is 2.25. The highest BCUT2D eigenvalue weighted by atomic mass is 19.1. The molecule has 1 heterocycles. The molecular weight excluding hydrogens is 212 g/mol. The van der Waals surface area contributed by atoms with Gasteiger partial charge in [-0.3, -0.25) is 0 Å². The van der Waals surface area contributed by atoms with E-state index in [1.807, 2.05) is 0 Å². The van der Waals surface area contributed by atoms with E-state index in [2.05, 4.69) is 0 Å². The smallest absolute Gasteiger partial charge is 0.134 e. The summed E-state index contributed by atoms with van der Waals surface area (Å²) in [6, 6.07) is 2.70. The summed E-state index contributed by atoms with van der Waals surface area (Å²) < 4.78 is 32.8. The second kappa shape index (κ2) is 4.11. The lowest BCUT2D eigenvalue weighted by molar-refractivity contribution is 0.0497. The van der Waals surface area contributed by atoms with Gasteiger partial charge in [0, 0.05) is 18.8 Å². The second-order valence-corrected chi connectivity index (χ2v) is 4.32. The van der Waals surface area contributed by atoms with Crippen LogP contribution in [0.15, 0.2) is 12.1 Å². The number of benzene rings is 1. The molecule has 0 radical (unpaired) electrons. The Kier molecular flexibility index (Phi) is 2.95. The molecule has 88 valence electrons. The first-order valence-electron chi connectivity index (χ1n) is 5.36. The SMILES string of the molecule is Cc1ccc(F)c(C2(N)CCOCC2)c1F. The van der Waals surface area contributed by atoms with E-state index >= 15 is 0 Å². The molecule has 1 saturated heterocycles. The van der Waals surface area contributed by atoms with Crippen LogP contribution in [-0.2, 0) is 10.3 Å². The van der Waals surface area contributed by atoms with Crippen molar-refractivity contribution in [2.24, 2.45) is 5.73 Å². The van der Waals surface area contributed by atoms with Gasteiger partial charge in [0.25, 0.3) is 0 Å². The number of aryl methyl sites for hydroxylation is 1. The highest BCUT2D eigenvalue weighted by Crippen LogP contribution is 2.33. The van der Waals surface area contributed by atoms with Crippen molar-refractivity contribution in [2.45, 2.75) is 25.3 Å². The summed E-state index contributed by atoms with van der Waals surface area (Å²) in [6.45, 7) is 2.51. The Balaban J connectivity index is 2.49. The molecule has 2 N–H and O–H groups in total. The molecule has 0 amide bonds. The zero-order chi connectivity index (χ0) is 11.8. The van der Waals surface area contributed by atoms with Crippen LogP contribution in [0.25, 0.3) is 0 Å². The molecule has 0 aliphatic carbocycles. The molecule has 0 aromatic heterocycles. The summed E-state index contributed by atoms with van der Waals surface area (Å²) in [5, 5.41) is 0. The molecular formula is C12H15F2NO. The fraction of sp³-hybridized carbons (Fsp3) is 0.500. The third-order valence-electron chi connectivity index (χ3n) is 3.17. The molecule has 1 aliphatic rings. The van der Waals surface area contributed by atoms with Crippen LogP contribution in [-0.4, -0.2) is 13.2 Å². The van der Waals surface area contributed by atoms with Crippen molar-refractivity contribution >= 4 is 0 Å². The fourth-order valence-electron chi connectivity index (χ4n) is 2.10. The van der Waals surface area contributed by atoms with Crippen molar-refractivity contribution < 1.29 is 13.5 Å². The fourth-order valence-corrected chi connectivity index (χ4v) is 2.10. The highest BCUT2D eigenvalue weighted by Gasteiger charge is 2.35. The van der Waals surface area contributed by atoms with Gasteiger partial charge < -0.3 is 10.5 Å². The van der Waals surface area contributed by atoms with Crippen LogP contribution in [0.2, 0.25) is 0 Å². The predicted molar refractivity (Wildman–Crippen MR) is 57.0 cm³/mol. The molecule has 2 rings (SSSR count). The molecule has 16 heavy (non-hydrogen) atoms. The van der Waals surface area contributed by atoms with Crippen LogP contribution < -0.4 is 5.73 Å². The molecule has 1 aliphatic heterocycles. The van der Waals surface area contributed by atoms with Gasteiger partial charge in [-0.25, -0.2) is 8.78 Å². The topological polar surface area (TPSA) is 35.2 Å². The Labute approximate surface area is 93.4 Å². The third kappa shape index (κ3) is 1.83. The molecule has 1 fully saturated rings. The Hall–Kier alpha value is -1.00. The van der Waals surface area contributed by atoms with Crippen LogP contribution in [0.1, 0.15) is 24.0 Å². The Morgan fingerprint density at radius 3 is 2.50 bits per heavy atom. The Bertz CT molecular complexity index is 400. The molecule has 1 aromatic carbocycles. The van der Waals surface area contributed by atoms with Crippen molar-refractivity contribution in [3.05, 3.63) is 34.9 Å². The molecule has 0 bridgehead atoms. The second-order valence-electron chi connectivity index (χ2n) is 4.32. The summed E-state index contributed by atoms with van der Waals surface area (Å²) in [6.07, 6.45) is 0.897. The standard InChI is InChI=1S/C12H15F2NO/c1-8-2-3-9(13)10(11(8)14)12(15)4-6-16-7-5-12/h2-3H,4-7,15H2,1H3. The van der Waals surface area contributed by atoms with E-state index in [9.17, 15) is 8.78 Å². The van der Waals surface area contributed by atoms with Crippen molar-refractivity contribution in [3.8, 4) is 0 Å². The van der Waals surface area contributed by atoms with Gasteiger partial charge in [-0.15, -0.1) is 0 Å². The summed E-state index contributed by atoms with van der Waals surface area (Å²) in [4.78, 5) is 0. The lowest BCUT2D eigenvalue weighted by Gasteiger charge is -2.34.